The fourth-order valence-corrected chi connectivity index (χ4v) is 3.50. The summed E-state index contributed by atoms with van der Waals surface area (Å²) in [5.41, 5.74) is 3.04. The second-order valence-corrected chi connectivity index (χ2v) is 6.80. The minimum atomic E-state index is -0.488. The molecule has 1 atom stereocenters. The lowest BCUT2D eigenvalue weighted by Crippen LogP contribution is -2.34. The number of halogens is 1. The summed E-state index contributed by atoms with van der Waals surface area (Å²) in [5.74, 6) is -0.938. The molecule has 1 unspecified atom stereocenters. The molecule has 0 spiro atoms. The van der Waals surface area contributed by atoms with Crippen LogP contribution in [0.4, 0.5) is 5.69 Å². The maximum Gasteiger partial charge on any atom is 0.300 e. The Morgan fingerprint density at radius 2 is 1.32 bits per heavy atom. The molecule has 0 aromatic heterocycles. The van der Waals surface area contributed by atoms with Gasteiger partial charge in [0.15, 0.2) is 0 Å². The Morgan fingerprint density at radius 3 is 2.04 bits per heavy atom. The summed E-state index contributed by atoms with van der Waals surface area (Å²) in [6.45, 7) is 0. The number of benzene rings is 3. The number of para-hydroxylation sites is 1. The van der Waals surface area contributed by atoms with Crippen LogP contribution in [0.15, 0.2) is 83.3 Å². The second-order valence-electron chi connectivity index (χ2n) is 5.89. The van der Waals surface area contributed by atoms with Gasteiger partial charge in [0.1, 0.15) is 0 Å². The van der Waals surface area contributed by atoms with Gasteiger partial charge in [-0.2, -0.15) is 0 Å². The first-order chi connectivity index (χ1) is 12.2. The predicted octanol–water partition coefficient (Wildman–Crippen LogP) is 4.77. The Hall–Kier alpha value is -2.72. The van der Waals surface area contributed by atoms with Crippen molar-refractivity contribution in [3.05, 3.63) is 100 Å². The zero-order chi connectivity index (χ0) is 17.4. The average Bonchev–Trinajstić information content (AvgIpc) is 2.90. The van der Waals surface area contributed by atoms with E-state index in [1.165, 1.54) is 0 Å². The molecular weight excluding hydrogens is 378 g/mol. The first kappa shape index (κ1) is 15.8. The second kappa shape index (κ2) is 6.30. The summed E-state index contributed by atoms with van der Waals surface area (Å²) in [6, 6.07) is 24.4. The van der Waals surface area contributed by atoms with Crippen LogP contribution in [0.5, 0.6) is 0 Å². The van der Waals surface area contributed by atoms with Gasteiger partial charge in [-0.25, -0.2) is 0 Å². The van der Waals surface area contributed by atoms with Crippen LogP contribution < -0.4 is 4.90 Å². The minimum Gasteiger partial charge on any atom is -0.293 e. The van der Waals surface area contributed by atoms with Crippen molar-refractivity contribution in [2.75, 3.05) is 4.90 Å². The van der Waals surface area contributed by atoms with E-state index in [0.717, 1.165) is 15.6 Å². The van der Waals surface area contributed by atoms with Crippen LogP contribution in [0.3, 0.4) is 0 Å². The summed E-state index contributed by atoms with van der Waals surface area (Å²) in [6.07, 6.45) is 0. The third-order valence-corrected chi connectivity index (χ3v) is 4.91. The van der Waals surface area contributed by atoms with Crippen LogP contribution in [0, 0.1) is 0 Å². The molecule has 0 N–H and O–H groups in total. The van der Waals surface area contributed by atoms with Crippen LogP contribution in [-0.2, 0) is 4.79 Å². The third kappa shape index (κ3) is 2.68. The Balaban J connectivity index is 1.91. The standard InChI is InChI=1S/C21H14BrNO2/c22-16-12-10-15(11-13-16)19(14-6-2-1-3-7-14)23-18-9-5-4-8-17(18)20(24)21(23)25/h1-13,19H. The number of nitrogens with zero attached hydrogens (tertiary/aromatic N) is 1. The van der Waals surface area contributed by atoms with E-state index in [1.807, 2.05) is 66.7 Å². The van der Waals surface area contributed by atoms with Gasteiger partial charge >= 0.3 is 0 Å². The lowest BCUT2D eigenvalue weighted by Gasteiger charge is -2.29. The van der Waals surface area contributed by atoms with Crippen molar-refractivity contribution in [1.29, 1.82) is 0 Å². The molecule has 0 bridgehead atoms. The van der Waals surface area contributed by atoms with Crippen LogP contribution >= 0.6 is 15.9 Å². The molecule has 1 aliphatic heterocycles. The molecule has 0 radical (unpaired) electrons. The Morgan fingerprint density at radius 1 is 0.720 bits per heavy atom. The topological polar surface area (TPSA) is 37.4 Å². The van der Waals surface area contributed by atoms with Gasteiger partial charge < -0.3 is 0 Å². The fourth-order valence-electron chi connectivity index (χ4n) is 3.24. The van der Waals surface area contributed by atoms with Crippen molar-refractivity contribution in [3.63, 3.8) is 0 Å². The minimum absolute atomic E-state index is 0.352. The molecule has 0 saturated heterocycles. The number of carbonyl (C=O) groups excluding carboxylic acids is 2. The van der Waals surface area contributed by atoms with Crippen molar-refractivity contribution in [2.24, 2.45) is 0 Å². The molecule has 122 valence electrons. The van der Waals surface area contributed by atoms with Gasteiger partial charge in [0, 0.05) is 4.47 Å². The van der Waals surface area contributed by atoms with E-state index >= 15 is 0 Å². The van der Waals surface area contributed by atoms with Crippen LogP contribution in [-0.4, -0.2) is 11.7 Å². The highest BCUT2D eigenvalue weighted by molar-refractivity contribution is 9.10. The van der Waals surface area contributed by atoms with Crippen LogP contribution in [0.2, 0.25) is 0 Å². The highest BCUT2D eigenvalue weighted by Gasteiger charge is 2.40. The lowest BCUT2D eigenvalue weighted by molar-refractivity contribution is -0.114. The molecule has 0 saturated carbocycles. The highest BCUT2D eigenvalue weighted by atomic mass is 79.9. The van der Waals surface area contributed by atoms with Gasteiger partial charge in [-0.05, 0) is 35.4 Å². The summed E-state index contributed by atoms with van der Waals surface area (Å²) < 4.78 is 0.965. The van der Waals surface area contributed by atoms with E-state index in [2.05, 4.69) is 15.9 Å². The van der Waals surface area contributed by atoms with E-state index in [-0.39, 0.29) is 6.04 Å². The molecule has 1 amide bonds. The van der Waals surface area contributed by atoms with E-state index in [0.29, 0.717) is 11.3 Å². The number of Topliss-reactive ketones (excluding diaryl/α,β-unsaturated/α-hetero) is 1. The fraction of sp³-hybridized carbons (Fsp3) is 0.0476. The number of hydrogen-bond acceptors (Lipinski definition) is 2. The van der Waals surface area contributed by atoms with E-state index in [9.17, 15) is 9.59 Å². The SMILES string of the molecule is O=C1C(=O)N(C(c2ccccc2)c2ccc(Br)cc2)c2ccccc21. The van der Waals surface area contributed by atoms with Gasteiger partial charge in [0.05, 0.1) is 17.3 Å². The largest absolute Gasteiger partial charge is 0.300 e. The number of rotatable bonds is 3. The molecule has 4 heteroatoms. The van der Waals surface area contributed by atoms with Gasteiger partial charge in [0.2, 0.25) is 0 Å². The third-order valence-electron chi connectivity index (χ3n) is 4.38. The average molecular weight is 392 g/mol. The molecule has 3 nitrogen and oxygen atoms in total. The normalized spacial score (nSPS) is 14.5. The highest BCUT2D eigenvalue weighted by Crippen LogP contribution is 2.39. The number of amides is 1. The molecule has 3 aromatic carbocycles. The first-order valence-electron chi connectivity index (χ1n) is 7.94. The zero-order valence-electron chi connectivity index (χ0n) is 13.2. The Kier molecular flexibility index (Phi) is 3.98. The quantitative estimate of drug-likeness (QED) is 0.603. The van der Waals surface area contributed by atoms with Gasteiger partial charge in [-0.15, -0.1) is 0 Å². The first-order valence-corrected chi connectivity index (χ1v) is 8.73. The van der Waals surface area contributed by atoms with E-state index < -0.39 is 11.7 Å². The monoisotopic (exact) mass is 391 g/mol. The van der Waals surface area contributed by atoms with Crippen molar-refractivity contribution in [1.82, 2.24) is 0 Å². The summed E-state index contributed by atoms with van der Waals surface area (Å²) in [4.78, 5) is 26.8. The van der Waals surface area contributed by atoms with Gasteiger partial charge in [-0.3, -0.25) is 14.5 Å². The van der Waals surface area contributed by atoms with Gasteiger partial charge in [0.25, 0.3) is 11.7 Å². The van der Waals surface area contributed by atoms with Crippen molar-refractivity contribution < 1.29 is 9.59 Å². The zero-order valence-corrected chi connectivity index (χ0v) is 14.8. The van der Waals surface area contributed by atoms with E-state index in [1.54, 1.807) is 17.0 Å². The van der Waals surface area contributed by atoms with Crippen LogP contribution in [0.1, 0.15) is 27.5 Å². The summed E-state index contributed by atoms with van der Waals surface area (Å²) in [5, 5.41) is 0. The molecule has 0 aliphatic carbocycles. The maximum atomic E-state index is 12.8. The Bertz CT molecular complexity index is 951. The number of fused-ring (bicyclic) bond motifs is 1. The van der Waals surface area contributed by atoms with Crippen molar-refractivity contribution in [3.8, 4) is 0 Å². The smallest absolute Gasteiger partial charge is 0.293 e. The number of ketones is 1. The summed E-state index contributed by atoms with van der Waals surface area (Å²) in [7, 11) is 0. The van der Waals surface area contributed by atoms with Crippen molar-refractivity contribution >= 4 is 33.3 Å². The molecule has 1 heterocycles. The van der Waals surface area contributed by atoms with Crippen molar-refractivity contribution in [2.45, 2.75) is 6.04 Å². The Labute approximate surface area is 154 Å². The summed E-state index contributed by atoms with van der Waals surface area (Å²) >= 11 is 3.45. The van der Waals surface area contributed by atoms with Gasteiger partial charge in [-0.1, -0.05) is 70.5 Å². The molecule has 4 rings (SSSR count). The van der Waals surface area contributed by atoms with Crippen LogP contribution in [0.25, 0.3) is 0 Å². The van der Waals surface area contributed by atoms with E-state index in [4.69, 9.17) is 0 Å². The molecule has 1 aliphatic rings. The number of hydrogen-bond donors (Lipinski definition) is 0. The number of carbonyl (C=O) groups is 2. The molecule has 3 aromatic rings. The lowest BCUT2D eigenvalue weighted by atomic mass is 9.97. The maximum absolute atomic E-state index is 12.8. The number of anilines is 1. The predicted molar refractivity (Wildman–Crippen MR) is 101 cm³/mol. The molecule has 0 fully saturated rings. The molecular formula is C21H14BrNO2. The molecule has 25 heavy (non-hydrogen) atoms.